The Morgan fingerprint density at radius 3 is 2.11 bits per heavy atom. The van der Waals surface area contributed by atoms with E-state index in [0.717, 1.165) is 32.0 Å². The topological polar surface area (TPSA) is 89.1 Å². The van der Waals surface area contributed by atoms with Gasteiger partial charge < -0.3 is 29.3 Å². The third kappa shape index (κ3) is 4.25. The lowest BCUT2D eigenvalue weighted by Crippen LogP contribution is -2.44. The van der Waals surface area contributed by atoms with Crippen LogP contribution in [0.1, 0.15) is 10.5 Å². The molecule has 0 saturated carbocycles. The first-order chi connectivity index (χ1) is 13.5. The van der Waals surface area contributed by atoms with Crippen molar-refractivity contribution >= 4 is 17.4 Å². The minimum Gasteiger partial charge on any atom is -0.493 e. The van der Waals surface area contributed by atoms with Crippen LogP contribution in [0.5, 0.6) is 17.2 Å². The van der Waals surface area contributed by atoms with Gasteiger partial charge in [-0.25, -0.2) is 0 Å². The number of carbonyl (C=O) groups is 1. The summed E-state index contributed by atoms with van der Waals surface area (Å²) in [6.07, 6.45) is 0. The fourth-order valence-electron chi connectivity index (χ4n) is 3.00. The molecule has 9 nitrogen and oxygen atoms in total. The van der Waals surface area contributed by atoms with E-state index in [1.165, 1.54) is 21.3 Å². The molecule has 9 heteroatoms. The Hall–Kier alpha value is -3.07. The average molecular weight is 387 g/mol. The quantitative estimate of drug-likeness (QED) is 0.798. The maximum Gasteiger partial charge on any atom is 0.276 e. The van der Waals surface area contributed by atoms with Crippen molar-refractivity contribution in [3.8, 4) is 17.2 Å². The number of rotatable bonds is 6. The van der Waals surface area contributed by atoms with Crippen molar-refractivity contribution in [3.05, 3.63) is 30.0 Å². The number of nitrogens with one attached hydrogen (secondary N) is 1. The van der Waals surface area contributed by atoms with Gasteiger partial charge in [-0.05, 0) is 19.2 Å². The molecule has 0 unspecified atom stereocenters. The molecule has 1 aromatic carbocycles. The Balaban J connectivity index is 1.72. The van der Waals surface area contributed by atoms with Crippen LogP contribution < -0.4 is 24.4 Å². The second-order valence-electron chi connectivity index (χ2n) is 6.44. The molecule has 1 N–H and O–H groups in total. The number of carbonyl (C=O) groups excluding carboxylic acids is 1. The number of amides is 1. The van der Waals surface area contributed by atoms with Crippen molar-refractivity contribution in [2.24, 2.45) is 0 Å². The lowest BCUT2D eigenvalue weighted by Gasteiger charge is -2.32. The molecule has 1 aliphatic rings. The molecule has 0 radical (unpaired) electrons. The van der Waals surface area contributed by atoms with Crippen molar-refractivity contribution in [3.63, 3.8) is 0 Å². The number of methoxy groups -OCH3 is 3. The number of likely N-dealkylation sites (N-methyl/N-ethyl adjacent to an activating group) is 1. The van der Waals surface area contributed by atoms with Crippen LogP contribution in [0.25, 0.3) is 0 Å². The minimum absolute atomic E-state index is 0.228. The van der Waals surface area contributed by atoms with E-state index in [0.29, 0.717) is 22.9 Å². The summed E-state index contributed by atoms with van der Waals surface area (Å²) in [5.74, 6) is 1.77. The second-order valence-corrected chi connectivity index (χ2v) is 6.44. The maximum absolute atomic E-state index is 12.6. The fourth-order valence-corrected chi connectivity index (χ4v) is 3.00. The summed E-state index contributed by atoms with van der Waals surface area (Å²) in [6.45, 7) is 3.74. The number of nitrogens with zero attached hydrogens (tertiary/aromatic N) is 4. The van der Waals surface area contributed by atoms with Crippen molar-refractivity contribution in [1.82, 2.24) is 15.1 Å². The van der Waals surface area contributed by atoms with Crippen molar-refractivity contribution in [2.75, 3.05) is 64.8 Å². The zero-order valence-corrected chi connectivity index (χ0v) is 16.6. The molecule has 0 atom stereocenters. The van der Waals surface area contributed by atoms with E-state index in [4.69, 9.17) is 14.2 Å². The fraction of sp³-hybridized carbons (Fsp3) is 0.421. The van der Waals surface area contributed by atoms with Gasteiger partial charge in [0.25, 0.3) is 5.91 Å². The number of hydrogen-bond acceptors (Lipinski definition) is 8. The summed E-state index contributed by atoms with van der Waals surface area (Å²) >= 11 is 0. The minimum atomic E-state index is -0.369. The van der Waals surface area contributed by atoms with Crippen LogP contribution in [-0.4, -0.2) is 75.6 Å². The molecule has 2 heterocycles. The molecule has 1 saturated heterocycles. The molecule has 2 aromatic rings. The van der Waals surface area contributed by atoms with Crippen molar-refractivity contribution in [1.29, 1.82) is 0 Å². The lowest BCUT2D eigenvalue weighted by atomic mass is 10.2. The van der Waals surface area contributed by atoms with Gasteiger partial charge in [0.15, 0.2) is 23.0 Å². The van der Waals surface area contributed by atoms with E-state index in [2.05, 4.69) is 32.4 Å². The summed E-state index contributed by atoms with van der Waals surface area (Å²) in [5.41, 5.74) is 0.732. The summed E-state index contributed by atoms with van der Waals surface area (Å²) < 4.78 is 15.9. The Morgan fingerprint density at radius 1 is 0.964 bits per heavy atom. The van der Waals surface area contributed by atoms with Gasteiger partial charge >= 0.3 is 0 Å². The number of benzene rings is 1. The van der Waals surface area contributed by atoms with Crippen LogP contribution in [0.15, 0.2) is 24.3 Å². The van der Waals surface area contributed by atoms with Gasteiger partial charge in [-0.3, -0.25) is 4.79 Å². The molecule has 28 heavy (non-hydrogen) atoms. The molecular formula is C19H25N5O4. The zero-order valence-electron chi connectivity index (χ0n) is 16.6. The number of ether oxygens (including phenoxy) is 3. The van der Waals surface area contributed by atoms with Crippen LogP contribution in [0.4, 0.5) is 11.5 Å². The molecule has 0 aliphatic carbocycles. The number of anilines is 2. The summed E-state index contributed by atoms with van der Waals surface area (Å²) in [4.78, 5) is 17.0. The Kier molecular flexibility index (Phi) is 6.15. The highest BCUT2D eigenvalue weighted by molar-refractivity contribution is 6.03. The molecule has 3 rings (SSSR count). The highest BCUT2D eigenvalue weighted by atomic mass is 16.5. The van der Waals surface area contributed by atoms with E-state index in [9.17, 15) is 4.79 Å². The van der Waals surface area contributed by atoms with Crippen molar-refractivity contribution in [2.45, 2.75) is 0 Å². The van der Waals surface area contributed by atoms with Gasteiger partial charge in [0, 0.05) is 44.0 Å². The first-order valence-electron chi connectivity index (χ1n) is 8.94. The Bertz CT molecular complexity index is 795. The third-order valence-electron chi connectivity index (χ3n) is 4.63. The summed E-state index contributed by atoms with van der Waals surface area (Å²) in [6, 6.07) is 6.81. The summed E-state index contributed by atoms with van der Waals surface area (Å²) in [7, 11) is 6.66. The molecule has 1 aliphatic heterocycles. The predicted molar refractivity (Wildman–Crippen MR) is 106 cm³/mol. The predicted octanol–water partition coefficient (Wildman–Crippen LogP) is 1.51. The Morgan fingerprint density at radius 2 is 1.61 bits per heavy atom. The molecule has 1 amide bonds. The number of aromatic nitrogens is 2. The van der Waals surface area contributed by atoms with Crippen LogP contribution >= 0.6 is 0 Å². The standard InChI is InChI=1S/C19H25N5O4/c1-23-7-9-24(10-8-23)17-6-5-14(21-22-17)19(25)20-13-11-15(26-2)18(28-4)16(12-13)27-3/h5-6,11-12H,7-10H2,1-4H3,(H,20,25). The van der Waals surface area contributed by atoms with Gasteiger partial charge in [0.1, 0.15) is 0 Å². The van der Waals surface area contributed by atoms with Gasteiger partial charge in [-0.2, -0.15) is 0 Å². The van der Waals surface area contributed by atoms with Gasteiger partial charge in [0.2, 0.25) is 5.75 Å². The van der Waals surface area contributed by atoms with Crippen LogP contribution in [0.2, 0.25) is 0 Å². The average Bonchev–Trinajstić information content (AvgIpc) is 2.73. The van der Waals surface area contributed by atoms with Gasteiger partial charge in [-0.15, -0.1) is 10.2 Å². The summed E-state index contributed by atoms with van der Waals surface area (Å²) in [5, 5.41) is 11.1. The van der Waals surface area contributed by atoms with Gasteiger partial charge in [0.05, 0.1) is 21.3 Å². The molecule has 0 spiro atoms. The first kappa shape index (κ1) is 19.7. The van der Waals surface area contributed by atoms with Crippen LogP contribution in [-0.2, 0) is 0 Å². The lowest BCUT2D eigenvalue weighted by molar-refractivity contribution is 0.102. The van der Waals surface area contributed by atoms with E-state index in [1.54, 1.807) is 18.2 Å². The van der Waals surface area contributed by atoms with E-state index in [-0.39, 0.29) is 11.6 Å². The second kappa shape index (κ2) is 8.75. The maximum atomic E-state index is 12.6. The van der Waals surface area contributed by atoms with Crippen LogP contribution in [0, 0.1) is 0 Å². The van der Waals surface area contributed by atoms with Crippen LogP contribution in [0.3, 0.4) is 0 Å². The smallest absolute Gasteiger partial charge is 0.276 e. The van der Waals surface area contributed by atoms with E-state index < -0.39 is 0 Å². The van der Waals surface area contributed by atoms with Gasteiger partial charge in [-0.1, -0.05) is 0 Å². The monoisotopic (exact) mass is 387 g/mol. The third-order valence-corrected chi connectivity index (χ3v) is 4.63. The highest BCUT2D eigenvalue weighted by Gasteiger charge is 2.18. The molecule has 1 aromatic heterocycles. The Labute approximate surface area is 164 Å². The number of hydrogen-bond donors (Lipinski definition) is 1. The van der Waals surface area contributed by atoms with E-state index >= 15 is 0 Å². The van der Waals surface area contributed by atoms with Crippen molar-refractivity contribution < 1.29 is 19.0 Å². The molecular weight excluding hydrogens is 362 g/mol. The molecule has 0 bridgehead atoms. The first-order valence-corrected chi connectivity index (χ1v) is 8.94. The largest absolute Gasteiger partial charge is 0.493 e. The van der Waals surface area contributed by atoms with E-state index in [1.807, 2.05) is 6.07 Å². The molecule has 1 fully saturated rings. The normalized spacial score (nSPS) is 14.5. The molecule has 150 valence electrons. The number of piperazine rings is 1. The highest BCUT2D eigenvalue weighted by Crippen LogP contribution is 2.39. The SMILES string of the molecule is COc1cc(NC(=O)c2ccc(N3CCN(C)CC3)nn2)cc(OC)c1OC. The zero-order chi connectivity index (χ0) is 20.1.